The number of hydrogen-bond acceptors (Lipinski definition) is 4. The van der Waals surface area contributed by atoms with Gasteiger partial charge in [-0.3, -0.25) is 0 Å². The van der Waals surface area contributed by atoms with E-state index in [1.165, 1.54) is 16.1 Å². The van der Waals surface area contributed by atoms with E-state index in [0.717, 1.165) is 31.1 Å². The Morgan fingerprint density at radius 3 is 2.73 bits per heavy atom. The summed E-state index contributed by atoms with van der Waals surface area (Å²) in [5, 5.41) is 6.47. The number of sulfonamides is 1. The molecule has 0 fully saturated rings. The van der Waals surface area contributed by atoms with Gasteiger partial charge in [0, 0.05) is 32.6 Å². The van der Waals surface area contributed by atoms with Crippen LogP contribution in [0.4, 0.5) is 0 Å². The highest BCUT2D eigenvalue weighted by Crippen LogP contribution is 2.28. The SMILES string of the molecule is CCNC(=NCC1Cc2ccccc2O1)NCCCN(CC)S(C)(=O)=O. The minimum Gasteiger partial charge on any atom is -0.488 e. The van der Waals surface area contributed by atoms with Crippen LogP contribution in [0, 0.1) is 0 Å². The summed E-state index contributed by atoms with van der Waals surface area (Å²) in [5.41, 5.74) is 1.23. The van der Waals surface area contributed by atoms with Crippen molar-refractivity contribution in [1.29, 1.82) is 0 Å². The summed E-state index contributed by atoms with van der Waals surface area (Å²) in [7, 11) is -3.13. The third kappa shape index (κ3) is 6.17. The zero-order chi connectivity index (χ0) is 19.0. The van der Waals surface area contributed by atoms with E-state index in [1.807, 2.05) is 32.0 Å². The first-order valence-corrected chi connectivity index (χ1v) is 11.0. The summed E-state index contributed by atoms with van der Waals surface area (Å²) in [4.78, 5) is 4.60. The number of rotatable bonds is 9. The quantitative estimate of drug-likeness (QED) is 0.381. The van der Waals surface area contributed by atoms with Crippen LogP contribution in [0.2, 0.25) is 0 Å². The molecule has 146 valence electrons. The van der Waals surface area contributed by atoms with E-state index in [2.05, 4.69) is 21.7 Å². The molecule has 1 aliphatic rings. The minimum atomic E-state index is -3.13. The molecule has 0 radical (unpaired) electrons. The molecule has 0 bridgehead atoms. The summed E-state index contributed by atoms with van der Waals surface area (Å²) in [6.07, 6.45) is 2.90. The molecule has 0 amide bonds. The number of benzene rings is 1. The Bertz CT molecular complexity index is 681. The van der Waals surface area contributed by atoms with Gasteiger partial charge in [-0.1, -0.05) is 25.1 Å². The van der Waals surface area contributed by atoms with Crippen molar-refractivity contribution >= 4 is 16.0 Å². The van der Waals surface area contributed by atoms with Crippen LogP contribution in [0.5, 0.6) is 5.75 Å². The Hall–Kier alpha value is -1.80. The Kier molecular flexibility index (Phi) is 7.71. The van der Waals surface area contributed by atoms with Crippen LogP contribution in [-0.4, -0.2) is 63.8 Å². The lowest BCUT2D eigenvalue weighted by molar-refractivity contribution is 0.241. The zero-order valence-electron chi connectivity index (χ0n) is 15.9. The second-order valence-corrected chi connectivity index (χ2v) is 8.29. The maximum atomic E-state index is 11.6. The predicted molar refractivity (Wildman–Crippen MR) is 105 cm³/mol. The molecule has 1 atom stereocenters. The number of guanidine groups is 1. The summed E-state index contributed by atoms with van der Waals surface area (Å²) >= 11 is 0. The molecule has 0 saturated carbocycles. The molecule has 0 aliphatic carbocycles. The van der Waals surface area contributed by atoms with Crippen LogP contribution < -0.4 is 15.4 Å². The smallest absolute Gasteiger partial charge is 0.211 e. The number of aliphatic imine (C=N–C) groups is 1. The van der Waals surface area contributed by atoms with Gasteiger partial charge in [0.05, 0.1) is 12.8 Å². The van der Waals surface area contributed by atoms with Gasteiger partial charge in [-0.05, 0) is 25.0 Å². The standard InChI is InChI=1S/C18H30N4O3S/c1-4-19-18(20-11-8-12-22(5-2)26(3,23)24)21-14-16-13-15-9-6-7-10-17(15)25-16/h6-7,9-10,16H,4-5,8,11-14H2,1-3H3,(H2,19,20,21). The lowest BCUT2D eigenvalue weighted by atomic mass is 10.1. The molecule has 1 heterocycles. The molecule has 26 heavy (non-hydrogen) atoms. The predicted octanol–water partition coefficient (Wildman–Crippen LogP) is 1.22. The third-order valence-electron chi connectivity index (χ3n) is 4.21. The second-order valence-electron chi connectivity index (χ2n) is 6.31. The molecule has 0 aromatic heterocycles. The van der Waals surface area contributed by atoms with Gasteiger partial charge >= 0.3 is 0 Å². The molecule has 1 aromatic carbocycles. The summed E-state index contributed by atoms with van der Waals surface area (Å²) in [6.45, 7) is 6.86. The van der Waals surface area contributed by atoms with Gasteiger partial charge in [-0.15, -0.1) is 0 Å². The Morgan fingerprint density at radius 1 is 1.31 bits per heavy atom. The van der Waals surface area contributed by atoms with Crippen molar-refractivity contribution in [3.63, 3.8) is 0 Å². The first-order valence-electron chi connectivity index (χ1n) is 9.15. The molecule has 8 heteroatoms. The summed E-state index contributed by atoms with van der Waals surface area (Å²) in [6, 6.07) is 8.08. The van der Waals surface area contributed by atoms with E-state index in [1.54, 1.807) is 0 Å². The fourth-order valence-corrected chi connectivity index (χ4v) is 3.84. The highest BCUT2D eigenvalue weighted by Gasteiger charge is 2.22. The van der Waals surface area contributed by atoms with Crippen molar-refractivity contribution in [3.05, 3.63) is 29.8 Å². The van der Waals surface area contributed by atoms with Crippen LogP contribution in [0.15, 0.2) is 29.3 Å². The van der Waals surface area contributed by atoms with E-state index in [-0.39, 0.29) is 6.10 Å². The Labute approximate surface area is 156 Å². The zero-order valence-corrected chi connectivity index (χ0v) is 16.7. The second kappa shape index (κ2) is 9.78. The third-order valence-corrected chi connectivity index (χ3v) is 5.59. The number of hydrogen-bond donors (Lipinski definition) is 2. The van der Waals surface area contributed by atoms with Crippen molar-refractivity contribution in [2.75, 3.05) is 39.0 Å². The molecule has 0 saturated heterocycles. The topological polar surface area (TPSA) is 83.0 Å². The van der Waals surface area contributed by atoms with Crippen molar-refractivity contribution < 1.29 is 13.2 Å². The number of ether oxygens (including phenoxy) is 1. The van der Waals surface area contributed by atoms with Gasteiger partial charge in [0.15, 0.2) is 5.96 Å². The molecule has 2 N–H and O–H groups in total. The maximum Gasteiger partial charge on any atom is 0.211 e. The molecule has 2 rings (SSSR count). The number of fused-ring (bicyclic) bond motifs is 1. The molecule has 1 aliphatic heterocycles. The maximum absolute atomic E-state index is 11.6. The Balaban J connectivity index is 1.78. The lowest BCUT2D eigenvalue weighted by Crippen LogP contribution is -2.40. The molecule has 1 unspecified atom stereocenters. The molecular weight excluding hydrogens is 352 g/mol. The van der Waals surface area contributed by atoms with Crippen LogP contribution in [0.3, 0.4) is 0 Å². The Morgan fingerprint density at radius 2 is 2.08 bits per heavy atom. The average Bonchev–Trinajstić information content (AvgIpc) is 3.01. The van der Waals surface area contributed by atoms with Gasteiger partial charge in [0.25, 0.3) is 0 Å². The fraction of sp³-hybridized carbons (Fsp3) is 0.611. The number of nitrogens with one attached hydrogen (secondary N) is 2. The van der Waals surface area contributed by atoms with Crippen LogP contribution in [0.25, 0.3) is 0 Å². The molecule has 7 nitrogen and oxygen atoms in total. The van der Waals surface area contributed by atoms with E-state index < -0.39 is 10.0 Å². The summed E-state index contributed by atoms with van der Waals surface area (Å²) in [5.74, 6) is 1.68. The summed E-state index contributed by atoms with van der Waals surface area (Å²) < 4.78 is 30.6. The largest absolute Gasteiger partial charge is 0.488 e. The van der Waals surface area contributed by atoms with E-state index in [4.69, 9.17) is 4.74 Å². The van der Waals surface area contributed by atoms with E-state index in [9.17, 15) is 8.42 Å². The first kappa shape index (κ1) is 20.5. The van der Waals surface area contributed by atoms with E-state index >= 15 is 0 Å². The number of nitrogens with zero attached hydrogens (tertiary/aromatic N) is 2. The van der Waals surface area contributed by atoms with Crippen molar-refractivity contribution in [2.24, 2.45) is 4.99 Å². The van der Waals surface area contributed by atoms with E-state index in [0.29, 0.717) is 26.2 Å². The monoisotopic (exact) mass is 382 g/mol. The molecular formula is C18H30N4O3S. The normalized spacial score (nSPS) is 17.1. The van der Waals surface area contributed by atoms with Crippen LogP contribution >= 0.6 is 0 Å². The molecule has 0 spiro atoms. The number of para-hydroxylation sites is 1. The highest BCUT2D eigenvalue weighted by atomic mass is 32.2. The van der Waals surface area contributed by atoms with Crippen LogP contribution in [-0.2, 0) is 16.4 Å². The average molecular weight is 383 g/mol. The van der Waals surface area contributed by atoms with Crippen molar-refractivity contribution in [1.82, 2.24) is 14.9 Å². The van der Waals surface area contributed by atoms with Gasteiger partial charge in [-0.2, -0.15) is 0 Å². The highest BCUT2D eigenvalue weighted by molar-refractivity contribution is 7.88. The van der Waals surface area contributed by atoms with Gasteiger partial charge in [-0.25, -0.2) is 17.7 Å². The van der Waals surface area contributed by atoms with Crippen molar-refractivity contribution in [2.45, 2.75) is 32.8 Å². The van der Waals surface area contributed by atoms with Crippen molar-refractivity contribution in [3.8, 4) is 5.75 Å². The first-order chi connectivity index (χ1) is 12.4. The minimum absolute atomic E-state index is 0.0590. The van der Waals surface area contributed by atoms with Crippen LogP contribution in [0.1, 0.15) is 25.8 Å². The van der Waals surface area contributed by atoms with Gasteiger partial charge in [0.1, 0.15) is 11.9 Å². The molecule has 1 aromatic rings. The van der Waals surface area contributed by atoms with Gasteiger partial charge in [0.2, 0.25) is 10.0 Å². The lowest BCUT2D eigenvalue weighted by Gasteiger charge is -2.18. The fourth-order valence-electron chi connectivity index (χ4n) is 2.91. The van der Waals surface area contributed by atoms with Gasteiger partial charge < -0.3 is 15.4 Å².